The maximum Gasteiger partial charge on any atom is 0.216 e. The molecule has 1 amide bonds. The van der Waals surface area contributed by atoms with Crippen LogP contribution in [0.5, 0.6) is 0 Å². The summed E-state index contributed by atoms with van der Waals surface area (Å²) in [6.07, 6.45) is 7.01. The first kappa shape index (κ1) is 15.0. The lowest BCUT2D eigenvalue weighted by atomic mass is 10.2. The molecule has 80 valence electrons. The van der Waals surface area contributed by atoms with Crippen molar-refractivity contribution in [2.24, 2.45) is 0 Å². The number of carbonyl (C=O) groups is 1. The van der Waals surface area contributed by atoms with Gasteiger partial charge in [0.25, 0.3) is 0 Å². The van der Waals surface area contributed by atoms with Gasteiger partial charge in [0.05, 0.1) is 0 Å². The minimum atomic E-state index is 0.0394. The first-order valence-electron chi connectivity index (χ1n) is 5.43. The van der Waals surface area contributed by atoms with Crippen LogP contribution in [0.25, 0.3) is 0 Å². The molecule has 0 fully saturated rings. The third kappa shape index (κ3) is 24.6. The second kappa shape index (κ2) is 14.0. The number of hydrogen-bond acceptors (Lipinski definition) is 1. The molecule has 0 aromatic heterocycles. The van der Waals surface area contributed by atoms with Gasteiger partial charge in [0, 0.05) is 13.5 Å². The Bertz CT molecular complexity index is 98.3. The number of rotatable bonds is 5. The highest BCUT2D eigenvalue weighted by Gasteiger charge is 1.80. The van der Waals surface area contributed by atoms with Gasteiger partial charge in [-0.1, -0.05) is 46.0 Å². The third-order valence-electron chi connectivity index (χ3n) is 1.63. The van der Waals surface area contributed by atoms with Crippen LogP contribution < -0.4 is 5.32 Å². The molecule has 0 rings (SSSR count). The van der Waals surface area contributed by atoms with E-state index in [1.54, 1.807) is 0 Å². The van der Waals surface area contributed by atoms with Crippen molar-refractivity contribution in [3.63, 3.8) is 0 Å². The Kier molecular flexibility index (Phi) is 16.1. The third-order valence-corrected chi connectivity index (χ3v) is 1.63. The lowest BCUT2D eigenvalue weighted by molar-refractivity contribution is -0.118. The number of hydrogen-bond donors (Lipinski definition) is 1. The monoisotopic (exact) mass is 187 g/mol. The van der Waals surface area contributed by atoms with Crippen LogP contribution in [0.2, 0.25) is 0 Å². The highest BCUT2D eigenvalue weighted by molar-refractivity contribution is 5.72. The highest BCUT2D eigenvalue weighted by Crippen LogP contribution is 2.00. The van der Waals surface area contributed by atoms with Gasteiger partial charge in [-0.25, -0.2) is 0 Å². The van der Waals surface area contributed by atoms with Gasteiger partial charge in [0.1, 0.15) is 0 Å². The van der Waals surface area contributed by atoms with Crippen LogP contribution in [0.3, 0.4) is 0 Å². The zero-order valence-corrected chi connectivity index (χ0v) is 9.65. The van der Waals surface area contributed by atoms with Crippen molar-refractivity contribution in [3.05, 3.63) is 0 Å². The molecular weight excluding hydrogens is 162 g/mol. The maximum absolute atomic E-state index is 9.93. The van der Waals surface area contributed by atoms with Crippen molar-refractivity contribution in [1.29, 1.82) is 0 Å². The normalized spacial score (nSPS) is 8.62. The Morgan fingerprint density at radius 3 is 1.62 bits per heavy atom. The molecule has 2 nitrogen and oxygen atoms in total. The molecule has 0 aliphatic carbocycles. The van der Waals surface area contributed by atoms with Gasteiger partial charge in [0.2, 0.25) is 5.91 Å². The summed E-state index contributed by atoms with van der Waals surface area (Å²) in [5.74, 6) is 0.0394. The van der Waals surface area contributed by atoms with Gasteiger partial charge in [-0.3, -0.25) is 4.79 Å². The summed E-state index contributed by atoms with van der Waals surface area (Å²) < 4.78 is 0. The van der Waals surface area contributed by atoms with Gasteiger partial charge in [-0.05, 0) is 6.92 Å². The van der Waals surface area contributed by atoms with E-state index in [0.29, 0.717) is 0 Å². The van der Waals surface area contributed by atoms with E-state index in [4.69, 9.17) is 0 Å². The van der Waals surface area contributed by atoms with Crippen molar-refractivity contribution in [3.8, 4) is 0 Å². The molecule has 2 heteroatoms. The average molecular weight is 187 g/mol. The molecule has 13 heavy (non-hydrogen) atoms. The Balaban J connectivity index is 0. The van der Waals surface area contributed by atoms with Crippen LogP contribution >= 0.6 is 0 Å². The molecule has 0 bridgehead atoms. The van der Waals surface area contributed by atoms with E-state index in [0.717, 1.165) is 6.54 Å². The Morgan fingerprint density at radius 1 is 1.00 bits per heavy atom. The Hall–Kier alpha value is -0.530. The maximum atomic E-state index is 9.93. The summed E-state index contributed by atoms with van der Waals surface area (Å²) in [5.41, 5.74) is 0. The molecular formula is C11H25NO. The molecule has 0 spiro atoms. The molecule has 0 aromatic carbocycles. The number of nitrogens with one attached hydrogen (secondary N) is 1. The first-order valence-corrected chi connectivity index (χ1v) is 5.43. The predicted molar refractivity (Wildman–Crippen MR) is 58.8 cm³/mol. The summed E-state index contributed by atoms with van der Waals surface area (Å²) in [6.45, 7) is 8.62. The van der Waals surface area contributed by atoms with E-state index in [2.05, 4.69) is 19.2 Å². The van der Waals surface area contributed by atoms with Crippen molar-refractivity contribution < 1.29 is 4.79 Å². The second-order valence-corrected chi connectivity index (χ2v) is 3.15. The minimum Gasteiger partial charge on any atom is -0.357 e. The van der Waals surface area contributed by atoms with Crippen LogP contribution in [0.4, 0.5) is 0 Å². The van der Waals surface area contributed by atoms with E-state index < -0.39 is 0 Å². The molecule has 0 saturated carbocycles. The van der Waals surface area contributed by atoms with E-state index in [1.807, 2.05) is 6.92 Å². The minimum absolute atomic E-state index is 0.0394. The van der Waals surface area contributed by atoms with Crippen molar-refractivity contribution in [2.45, 2.75) is 59.8 Å². The number of amides is 1. The quantitative estimate of drug-likeness (QED) is 0.658. The highest BCUT2D eigenvalue weighted by atomic mass is 16.1. The van der Waals surface area contributed by atoms with Crippen LogP contribution in [-0.2, 0) is 4.79 Å². The molecule has 0 aromatic rings. The fourth-order valence-corrected chi connectivity index (χ4v) is 0.926. The lowest BCUT2D eigenvalue weighted by Gasteiger charge is -1.90. The largest absolute Gasteiger partial charge is 0.357 e. The summed E-state index contributed by atoms with van der Waals surface area (Å²) in [5, 5.41) is 2.57. The van der Waals surface area contributed by atoms with Crippen LogP contribution in [0.1, 0.15) is 59.8 Å². The zero-order chi connectivity index (χ0) is 10.5. The molecule has 0 aliphatic heterocycles. The fraction of sp³-hybridized carbons (Fsp3) is 0.909. The molecule has 0 saturated heterocycles. The summed E-state index contributed by atoms with van der Waals surface area (Å²) in [4.78, 5) is 9.93. The van der Waals surface area contributed by atoms with E-state index in [9.17, 15) is 4.79 Å². The summed E-state index contributed by atoms with van der Waals surface area (Å²) >= 11 is 0. The first-order chi connectivity index (χ1) is 6.18. The van der Waals surface area contributed by atoms with Gasteiger partial charge in [-0.2, -0.15) is 0 Å². The number of unbranched alkanes of at least 4 members (excludes halogenated alkanes) is 4. The van der Waals surface area contributed by atoms with Gasteiger partial charge < -0.3 is 5.32 Å². The molecule has 0 unspecified atom stereocenters. The van der Waals surface area contributed by atoms with Crippen molar-refractivity contribution >= 4 is 5.91 Å². The number of carbonyl (C=O) groups excluding carboxylic acids is 1. The standard InChI is InChI=1S/C7H16.C4H9NO/c1-3-5-7-6-4-2;1-3-5-4(2)6/h3-7H2,1-2H3;3H2,1-2H3,(H,5,6). The zero-order valence-electron chi connectivity index (χ0n) is 9.65. The van der Waals surface area contributed by atoms with Crippen molar-refractivity contribution in [2.75, 3.05) is 6.54 Å². The Morgan fingerprint density at radius 2 is 1.46 bits per heavy atom. The van der Waals surface area contributed by atoms with E-state index >= 15 is 0 Å². The van der Waals surface area contributed by atoms with E-state index in [1.165, 1.54) is 39.0 Å². The predicted octanol–water partition coefficient (Wildman–Crippen LogP) is 3.12. The SMILES string of the molecule is CCCCCCC.CCNC(C)=O. The van der Waals surface area contributed by atoms with Crippen molar-refractivity contribution in [1.82, 2.24) is 5.32 Å². The average Bonchev–Trinajstić information content (AvgIpc) is 2.06. The van der Waals surface area contributed by atoms with Gasteiger partial charge in [0.15, 0.2) is 0 Å². The summed E-state index contributed by atoms with van der Waals surface area (Å²) in [7, 11) is 0. The lowest BCUT2D eigenvalue weighted by Crippen LogP contribution is -2.18. The molecule has 0 radical (unpaired) electrons. The smallest absolute Gasteiger partial charge is 0.216 e. The van der Waals surface area contributed by atoms with Crippen LogP contribution in [0, 0.1) is 0 Å². The second-order valence-electron chi connectivity index (χ2n) is 3.15. The topological polar surface area (TPSA) is 29.1 Å². The molecule has 0 aliphatic rings. The van der Waals surface area contributed by atoms with E-state index in [-0.39, 0.29) is 5.91 Å². The van der Waals surface area contributed by atoms with Gasteiger partial charge >= 0.3 is 0 Å². The van der Waals surface area contributed by atoms with Crippen LogP contribution in [-0.4, -0.2) is 12.5 Å². The molecule has 0 heterocycles. The van der Waals surface area contributed by atoms with Crippen LogP contribution in [0.15, 0.2) is 0 Å². The van der Waals surface area contributed by atoms with Gasteiger partial charge in [-0.15, -0.1) is 0 Å². The Labute approximate surface area is 83.1 Å². The molecule has 1 N–H and O–H groups in total. The fourth-order valence-electron chi connectivity index (χ4n) is 0.926. The molecule has 0 atom stereocenters. The summed E-state index contributed by atoms with van der Waals surface area (Å²) in [6, 6.07) is 0.